The first-order valence-electron chi connectivity index (χ1n) is 8.62. The van der Waals surface area contributed by atoms with Crippen LogP contribution in [0, 0.1) is 0 Å². The van der Waals surface area contributed by atoms with Gasteiger partial charge in [0.2, 0.25) is 0 Å². The Balaban J connectivity index is 1.46. The van der Waals surface area contributed by atoms with Crippen molar-refractivity contribution in [3.8, 4) is 22.3 Å². The molecule has 0 bridgehead atoms. The normalized spacial score (nSPS) is 10.8. The predicted molar refractivity (Wildman–Crippen MR) is 108 cm³/mol. The van der Waals surface area contributed by atoms with Crippen molar-refractivity contribution in [1.29, 1.82) is 0 Å². The molecule has 0 unspecified atom stereocenters. The van der Waals surface area contributed by atoms with Gasteiger partial charge in [-0.2, -0.15) is 0 Å². The average Bonchev–Trinajstić information content (AvgIpc) is 3.38. The lowest BCUT2D eigenvalue weighted by atomic mass is 10.2. The first-order valence-corrected chi connectivity index (χ1v) is 9.44. The van der Waals surface area contributed by atoms with E-state index in [-0.39, 0.29) is 12.5 Å². The maximum Gasteiger partial charge on any atom is 0.251 e. The highest BCUT2D eigenvalue weighted by Crippen LogP contribution is 2.31. The lowest BCUT2D eigenvalue weighted by Crippen LogP contribution is -2.22. The Morgan fingerprint density at radius 1 is 1.07 bits per heavy atom. The Kier molecular flexibility index (Phi) is 4.99. The number of hydrogen-bond acceptors (Lipinski definition) is 6. The van der Waals surface area contributed by atoms with E-state index in [4.69, 9.17) is 13.9 Å². The van der Waals surface area contributed by atoms with Crippen molar-refractivity contribution in [3.05, 3.63) is 65.9 Å². The molecule has 0 aliphatic carbocycles. The summed E-state index contributed by atoms with van der Waals surface area (Å²) in [4.78, 5) is 17.1. The molecular formula is C21H18N2O4S. The van der Waals surface area contributed by atoms with Gasteiger partial charge in [0.25, 0.3) is 5.91 Å². The van der Waals surface area contributed by atoms with Crippen molar-refractivity contribution in [2.45, 2.75) is 6.54 Å². The number of furan rings is 1. The molecule has 1 N–H and O–H groups in total. The van der Waals surface area contributed by atoms with Crippen molar-refractivity contribution in [1.82, 2.24) is 10.3 Å². The van der Waals surface area contributed by atoms with Gasteiger partial charge in [0, 0.05) is 11.6 Å². The largest absolute Gasteiger partial charge is 0.497 e. The molecule has 0 atom stereocenters. The Labute approximate surface area is 165 Å². The fourth-order valence-corrected chi connectivity index (χ4v) is 3.70. The number of carbonyl (C=O) groups is 1. The van der Waals surface area contributed by atoms with E-state index in [1.54, 1.807) is 43.8 Å². The number of hydrogen-bond donors (Lipinski definition) is 1. The van der Waals surface area contributed by atoms with Crippen LogP contribution in [0.4, 0.5) is 0 Å². The number of para-hydroxylation sites is 1. The zero-order valence-corrected chi connectivity index (χ0v) is 16.2. The van der Waals surface area contributed by atoms with Gasteiger partial charge in [0.15, 0.2) is 10.8 Å². The average molecular weight is 394 g/mol. The second-order valence-electron chi connectivity index (χ2n) is 6.04. The lowest BCUT2D eigenvalue weighted by Gasteiger charge is -2.08. The Morgan fingerprint density at radius 2 is 1.82 bits per heavy atom. The van der Waals surface area contributed by atoms with E-state index in [2.05, 4.69) is 10.3 Å². The van der Waals surface area contributed by atoms with Gasteiger partial charge in [-0.1, -0.05) is 12.1 Å². The summed E-state index contributed by atoms with van der Waals surface area (Å²) in [5.74, 6) is 2.21. The molecule has 6 nitrogen and oxygen atoms in total. The van der Waals surface area contributed by atoms with Crippen LogP contribution in [0.15, 0.2) is 59.0 Å². The second-order valence-corrected chi connectivity index (χ2v) is 7.07. The van der Waals surface area contributed by atoms with Crippen LogP contribution in [0.1, 0.15) is 16.1 Å². The summed E-state index contributed by atoms with van der Waals surface area (Å²) in [6.07, 6.45) is 0. The number of nitrogens with one attached hydrogen (secondary N) is 1. The molecule has 0 fully saturated rings. The van der Waals surface area contributed by atoms with Crippen LogP contribution in [0.5, 0.6) is 11.5 Å². The standard InChI is InChI=1S/C21H18N2O4S/c1-25-15-9-13(10-16(11-15)26-2)20(24)22-12-14-7-8-18(27-14)21-23-17-5-3-4-6-19(17)28-21/h3-11H,12H2,1-2H3,(H,22,24). The third-order valence-corrected chi connectivity index (χ3v) is 5.25. The maximum atomic E-state index is 12.5. The zero-order valence-electron chi connectivity index (χ0n) is 15.4. The van der Waals surface area contributed by atoms with Crippen molar-refractivity contribution < 1.29 is 18.7 Å². The number of benzene rings is 2. The third-order valence-electron chi connectivity index (χ3n) is 4.20. The number of aromatic nitrogens is 1. The highest BCUT2D eigenvalue weighted by atomic mass is 32.1. The molecule has 4 rings (SSSR count). The minimum absolute atomic E-state index is 0.241. The Hall–Kier alpha value is -3.32. The molecule has 2 aromatic heterocycles. The molecule has 0 radical (unpaired) electrons. The van der Waals surface area contributed by atoms with Crippen molar-refractivity contribution in [2.75, 3.05) is 14.2 Å². The lowest BCUT2D eigenvalue weighted by molar-refractivity contribution is 0.0947. The number of nitrogens with zero attached hydrogens (tertiary/aromatic N) is 1. The molecule has 142 valence electrons. The smallest absolute Gasteiger partial charge is 0.251 e. The van der Waals surface area contributed by atoms with E-state index in [0.29, 0.717) is 28.6 Å². The summed E-state index contributed by atoms with van der Waals surface area (Å²) in [5, 5.41) is 3.66. The molecule has 0 saturated heterocycles. The monoisotopic (exact) mass is 394 g/mol. The summed E-state index contributed by atoms with van der Waals surface area (Å²) < 4.78 is 17.4. The summed E-state index contributed by atoms with van der Waals surface area (Å²) in [7, 11) is 3.09. The molecule has 28 heavy (non-hydrogen) atoms. The fraction of sp³-hybridized carbons (Fsp3) is 0.143. The van der Waals surface area contributed by atoms with Crippen LogP contribution < -0.4 is 14.8 Å². The van der Waals surface area contributed by atoms with Crippen molar-refractivity contribution in [3.63, 3.8) is 0 Å². The molecular weight excluding hydrogens is 376 g/mol. The fourth-order valence-electron chi connectivity index (χ4n) is 2.77. The maximum absolute atomic E-state index is 12.5. The van der Waals surface area contributed by atoms with Gasteiger partial charge in [0.1, 0.15) is 17.3 Å². The van der Waals surface area contributed by atoms with Gasteiger partial charge < -0.3 is 19.2 Å². The quantitative estimate of drug-likeness (QED) is 0.521. The van der Waals surface area contributed by atoms with Gasteiger partial charge in [-0.05, 0) is 36.4 Å². The number of rotatable bonds is 6. The molecule has 0 aliphatic heterocycles. The van der Waals surface area contributed by atoms with Crippen molar-refractivity contribution >= 4 is 27.5 Å². The van der Waals surface area contributed by atoms with Crippen LogP contribution >= 0.6 is 11.3 Å². The third kappa shape index (κ3) is 3.70. The highest BCUT2D eigenvalue weighted by Gasteiger charge is 2.13. The molecule has 7 heteroatoms. The number of fused-ring (bicyclic) bond motifs is 1. The van der Waals surface area contributed by atoms with E-state index >= 15 is 0 Å². The van der Waals surface area contributed by atoms with Gasteiger partial charge in [-0.3, -0.25) is 4.79 Å². The van der Waals surface area contributed by atoms with Gasteiger partial charge >= 0.3 is 0 Å². The summed E-state index contributed by atoms with van der Waals surface area (Å²) >= 11 is 1.57. The first kappa shape index (κ1) is 18.1. The summed E-state index contributed by atoms with van der Waals surface area (Å²) in [6.45, 7) is 0.267. The molecule has 0 aliphatic rings. The molecule has 2 aromatic carbocycles. The predicted octanol–water partition coefficient (Wildman–Crippen LogP) is 4.50. The first-order chi connectivity index (χ1) is 13.7. The van der Waals surface area contributed by atoms with Crippen molar-refractivity contribution in [2.24, 2.45) is 0 Å². The number of carbonyl (C=O) groups excluding carboxylic acids is 1. The Morgan fingerprint density at radius 3 is 2.54 bits per heavy atom. The van der Waals surface area contributed by atoms with Crippen LogP contribution in [0.2, 0.25) is 0 Å². The van der Waals surface area contributed by atoms with E-state index in [1.807, 2.05) is 36.4 Å². The van der Waals surface area contributed by atoms with E-state index in [1.165, 1.54) is 0 Å². The van der Waals surface area contributed by atoms with Crippen LogP contribution in [0.25, 0.3) is 21.0 Å². The number of methoxy groups -OCH3 is 2. The number of ether oxygens (including phenoxy) is 2. The highest BCUT2D eigenvalue weighted by molar-refractivity contribution is 7.21. The summed E-state index contributed by atoms with van der Waals surface area (Å²) in [6, 6.07) is 16.7. The van der Waals surface area contributed by atoms with Gasteiger partial charge in [-0.15, -0.1) is 11.3 Å². The Bertz CT molecular complexity index is 1080. The van der Waals surface area contributed by atoms with E-state index < -0.39 is 0 Å². The van der Waals surface area contributed by atoms with E-state index in [9.17, 15) is 4.79 Å². The number of amides is 1. The zero-order chi connectivity index (χ0) is 19.5. The molecule has 0 saturated carbocycles. The van der Waals surface area contributed by atoms with Crippen LogP contribution in [-0.2, 0) is 6.54 Å². The molecule has 4 aromatic rings. The van der Waals surface area contributed by atoms with E-state index in [0.717, 1.165) is 15.2 Å². The molecule has 2 heterocycles. The number of thiazole rings is 1. The van der Waals surface area contributed by atoms with Crippen LogP contribution in [-0.4, -0.2) is 25.1 Å². The van der Waals surface area contributed by atoms with Gasteiger partial charge in [0.05, 0.1) is 31.0 Å². The minimum atomic E-state index is -0.241. The SMILES string of the molecule is COc1cc(OC)cc(C(=O)NCc2ccc(-c3nc4ccccc4s3)o2)c1. The molecule has 0 spiro atoms. The second kappa shape index (κ2) is 7.74. The van der Waals surface area contributed by atoms with Gasteiger partial charge in [-0.25, -0.2) is 4.98 Å². The summed E-state index contributed by atoms with van der Waals surface area (Å²) in [5.41, 5.74) is 1.40. The molecule has 1 amide bonds. The minimum Gasteiger partial charge on any atom is -0.497 e. The van der Waals surface area contributed by atoms with Crippen LogP contribution in [0.3, 0.4) is 0 Å². The topological polar surface area (TPSA) is 73.6 Å².